The number of rotatable bonds is 3. The molecule has 1 heterocycles. The number of halogens is 1. The Morgan fingerprint density at radius 1 is 1.50 bits per heavy atom. The summed E-state index contributed by atoms with van der Waals surface area (Å²) in [5.41, 5.74) is 6.27. The van der Waals surface area contributed by atoms with E-state index in [9.17, 15) is 8.42 Å². The van der Waals surface area contributed by atoms with Gasteiger partial charge in [0.2, 0.25) is 10.0 Å². The molecule has 0 saturated carbocycles. The van der Waals surface area contributed by atoms with Gasteiger partial charge in [0.25, 0.3) is 0 Å². The van der Waals surface area contributed by atoms with Crippen LogP contribution in [0.4, 0.5) is 0 Å². The lowest BCUT2D eigenvalue weighted by Crippen LogP contribution is -2.30. The SMILES string of the molecule is Cc1cc(Cl)ccc1S(=O)(=O)N1CC[C@H](CN)C1. The summed E-state index contributed by atoms with van der Waals surface area (Å²) in [6, 6.07) is 4.85. The Hall–Kier alpha value is -0.620. The monoisotopic (exact) mass is 288 g/mol. The number of nitrogens with zero attached hydrogens (tertiary/aromatic N) is 1. The first-order chi connectivity index (χ1) is 8.45. The Labute approximate surface area is 113 Å². The lowest BCUT2D eigenvalue weighted by molar-refractivity contribution is 0.458. The number of hydrogen-bond donors (Lipinski definition) is 1. The molecule has 4 nitrogen and oxygen atoms in total. The minimum atomic E-state index is -3.41. The van der Waals surface area contributed by atoms with Gasteiger partial charge < -0.3 is 5.73 Å². The molecule has 2 N–H and O–H groups in total. The molecule has 100 valence electrons. The van der Waals surface area contributed by atoms with Crippen LogP contribution in [-0.4, -0.2) is 32.4 Å². The van der Waals surface area contributed by atoms with E-state index in [1.807, 2.05) is 0 Å². The van der Waals surface area contributed by atoms with Gasteiger partial charge in [0.1, 0.15) is 0 Å². The topological polar surface area (TPSA) is 63.4 Å². The summed E-state index contributed by atoms with van der Waals surface area (Å²) < 4.78 is 26.5. The molecule has 0 amide bonds. The van der Waals surface area contributed by atoms with Gasteiger partial charge in [-0.1, -0.05) is 11.6 Å². The van der Waals surface area contributed by atoms with Gasteiger partial charge in [0.05, 0.1) is 4.90 Å². The minimum absolute atomic E-state index is 0.271. The van der Waals surface area contributed by atoms with Crippen molar-refractivity contribution in [1.29, 1.82) is 0 Å². The molecule has 2 rings (SSSR count). The molecule has 0 radical (unpaired) electrons. The highest BCUT2D eigenvalue weighted by molar-refractivity contribution is 7.89. The van der Waals surface area contributed by atoms with E-state index in [2.05, 4.69) is 0 Å². The third-order valence-corrected chi connectivity index (χ3v) is 5.60. The van der Waals surface area contributed by atoms with E-state index in [4.69, 9.17) is 17.3 Å². The fourth-order valence-corrected chi connectivity index (χ4v) is 4.21. The second kappa shape index (κ2) is 5.17. The summed E-state index contributed by atoms with van der Waals surface area (Å²) in [4.78, 5) is 0.338. The van der Waals surface area contributed by atoms with Crippen molar-refractivity contribution >= 4 is 21.6 Å². The second-order valence-electron chi connectivity index (χ2n) is 4.66. The van der Waals surface area contributed by atoms with Gasteiger partial charge in [0, 0.05) is 18.1 Å². The number of sulfonamides is 1. The van der Waals surface area contributed by atoms with Crippen LogP contribution in [0.15, 0.2) is 23.1 Å². The van der Waals surface area contributed by atoms with Gasteiger partial charge in [-0.2, -0.15) is 4.31 Å². The second-order valence-corrected chi connectivity index (χ2v) is 7.01. The molecule has 1 fully saturated rings. The van der Waals surface area contributed by atoms with Crippen molar-refractivity contribution in [2.24, 2.45) is 11.7 Å². The molecular weight excluding hydrogens is 272 g/mol. The van der Waals surface area contributed by atoms with Crippen LogP contribution in [0.25, 0.3) is 0 Å². The number of nitrogens with two attached hydrogens (primary N) is 1. The molecule has 1 aliphatic rings. The number of benzene rings is 1. The Morgan fingerprint density at radius 2 is 2.22 bits per heavy atom. The average Bonchev–Trinajstić information content (AvgIpc) is 2.77. The zero-order valence-corrected chi connectivity index (χ0v) is 11.8. The molecule has 1 aromatic rings. The van der Waals surface area contributed by atoms with Crippen molar-refractivity contribution in [3.63, 3.8) is 0 Å². The minimum Gasteiger partial charge on any atom is -0.330 e. The van der Waals surface area contributed by atoms with Crippen LogP contribution in [0.5, 0.6) is 0 Å². The predicted molar refractivity (Wildman–Crippen MR) is 72.1 cm³/mol. The van der Waals surface area contributed by atoms with Crippen LogP contribution in [0.2, 0.25) is 5.02 Å². The van der Waals surface area contributed by atoms with Crippen molar-refractivity contribution in [2.45, 2.75) is 18.2 Å². The van der Waals surface area contributed by atoms with Gasteiger partial charge in [-0.25, -0.2) is 8.42 Å². The van der Waals surface area contributed by atoms with E-state index < -0.39 is 10.0 Å². The van der Waals surface area contributed by atoms with Gasteiger partial charge in [-0.3, -0.25) is 0 Å². The van der Waals surface area contributed by atoms with Crippen LogP contribution in [0, 0.1) is 12.8 Å². The maximum Gasteiger partial charge on any atom is 0.243 e. The van der Waals surface area contributed by atoms with Crippen molar-refractivity contribution in [1.82, 2.24) is 4.31 Å². The molecule has 1 saturated heterocycles. The highest BCUT2D eigenvalue weighted by Crippen LogP contribution is 2.27. The van der Waals surface area contributed by atoms with Gasteiger partial charge in [0.15, 0.2) is 0 Å². The fourth-order valence-electron chi connectivity index (χ4n) is 2.25. The normalized spacial score (nSPS) is 21.4. The maximum atomic E-state index is 12.5. The zero-order valence-electron chi connectivity index (χ0n) is 10.3. The molecule has 1 atom stereocenters. The zero-order chi connectivity index (χ0) is 13.3. The van der Waals surface area contributed by atoms with Crippen LogP contribution >= 0.6 is 11.6 Å². The van der Waals surface area contributed by atoms with Crippen LogP contribution in [0.1, 0.15) is 12.0 Å². The lowest BCUT2D eigenvalue weighted by atomic mass is 10.1. The Kier molecular flexibility index (Phi) is 3.96. The third kappa shape index (κ3) is 2.54. The number of aryl methyl sites for hydroxylation is 1. The number of hydrogen-bond acceptors (Lipinski definition) is 3. The molecule has 1 aliphatic heterocycles. The molecular formula is C12H17ClN2O2S. The van der Waals surface area contributed by atoms with E-state index in [1.54, 1.807) is 25.1 Å². The van der Waals surface area contributed by atoms with Gasteiger partial charge in [-0.15, -0.1) is 0 Å². The summed E-state index contributed by atoms with van der Waals surface area (Å²) >= 11 is 5.85. The summed E-state index contributed by atoms with van der Waals surface area (Å²) in [5, 5.41) is 0.549. The predicted octanol–water partition coefficient (Wildman–Crippen LogP) is 1.62. The smallest absolute Gasteiger partial charge is 0.243 e. The quantitative estimate of drug-likeness (QED) is 0.919. The van der Waals surface area contributed by atoms with Gasteiger partial charge in [-0.05, 0) is 49.6 Å². The molecule has 0 aromatic heterocycles. The summed E-state index contributed by atoms with van der Waals surface area (Å²) in [5.74, 6) is 0.271. The van der Waals surface area contributed by atoms with Crippen molar-refractivity contribution in [3.8, 4) is 0 Å². The van der Waals surface area contributed by atoms with E-state index in [0.29, 0.717) is 35.1 Å². The Balaban J connectivity index is 2.31. The highest BCUT2D eigenvalue weighted by atomic mass is 35.5. The summed E-state index contributed by atoms with van der Waals surface area (Å²) in [6.45, 7) is 3.36. The average molecular weight is 289 g/mol. The fraction of sp³-hybridized carbons (Fsp3) is 0.500. The first kappa shape index (κ1) is 13.8. The van der Waals surface area contributed by atoms with Gasteiger partial charge >= 0.3 is 0 Å². The van der Waals surface area contributed by atoms with E-state index >= 15 is 0 Å². The van der Waals surface area contributed by atoms with Crippen LogP contribution < -0.4 is 5.73 Å². The molecule has 0 aliphatic carbocycles. The molecule has 6 heteroatoms. The molecule has 18 heavy (non-hydrogen) atoms. The molecule has 0 unspecified atom stereocenters. The first-order valence-electron chi connectivity index (χ1n) is 5.91. The van der Waals surface area contributed by atoms with E-state index in [1.165, 1.54) is 4.31 Å². The van der Waals surface area contributed by atoms with E-state index in [0.717, 1.165) is 6.42 Å². The lowest BCUT2D eigenvalue weighted by Gasteiger charge is -2.18. The van der Waals surface area contributed by atoms with Crippen molar-refractivity contribution in [2.75, 3.05) is 19.6 Å². The summed E-state index contributed by atoms with van der Waals surface area (Å²) in [7, 11) is -3.41. The van der Waals surface area contributed by atoms with Crippen LogP contribution in [-0.2, 0) is 10.0 Å². The summed E-state index contributed by atoms with van der Waals surface area (Å²) in [6.07, 6.45) is 0.836. The molecule has 1 aromatic carbocycles. The Morgan fingerprint density at radius 3 is 2.78 bits per heavy atom. The van der Waals surface area contributed by atoms with Crippen molar-refractivity contribution < 1.29 is 8.42 Å². The maximum absolute atomic E-state index is 12.5. The first-order valence-corrected chi connectivity index (χ1v) is 7.73. The largest absolute Gasteiger partial charge is 0.330 e. The van der Waals surface area contributed by atoms with Crippen molar-refractivity contribution in [3.05, 3.63) is 28.8 Å². The highest BCUT2D eigenvalue weighted by Gasteiger charge is 2.32. The van der Waals surface area contributed by atoms with Crippen LogP contribution in [0.3, 0.4) is 0 Å². The molecule has 0 spiro atoms. The standard InChI is InChI=1S/C12H17ClN2O2S/c1-9-6-11(13)2-3-12(9)18(16,17)15-5-4-10(7-14)8-15/h2-3,6,10H,4-5,7-8,14H2,1H3/t10-/m1/s1. The van der Waals surface area contributed by atoms with E-state index in [-0.39, 0.29) is 5.92 Å². The molecule has 0 bridgehead atoms. The Bertz CT molecular complexity index is 545. The third-order valence-electron chi connectivity index (χ3n) is 3.34.